The molecule has 0 spiro atoms. The number of piperazine rings is 1. The van der Waals surface area contributed by atoms with Crippen LogP contribution in [0.3, 0.4) is 0 Å². The molecule has 5 rings (SSSR count). The number of aromatic nitrogens is 1. The molecule has 0 aliphatic carbocycles. The van der Waals surface area contributed by atoms with Crippen LogP contribution in [-0.2, 0) is 0 Å². The molecule has 6 nitrogen and oxygen atoms in total. The summed E-state index contributed by atoms with van der Waals surface area (Å²) in [4.78, 5) is 32.5. The number of fused-ring (bicyclic) bond motifs is 1. The molecule has 0 atom stereocenters. The first-order valence-electron chi connectivity index (χ1n) is 11.3. The Morgan fingerprint density at radius 2 is 1.33 bits per heavy atom. The highest BCUT2D eigenvalue weighted by Gasteiger charge is 2.41. The van der Waals surface area contributed by atoms with Gasteiger partial charge in [0.1, 0.15) is 0 Å². The van der Waals surface area contributed by atoms with E-state index in [0.29, 0.717) is 24.2 Å². The highest BCUT2D eigenvalue weighted by molar-refractivity contribution is 6.33. The third-order valence-corrected chi connectivity index (χ3v) is 7.10. The van der Waals surface area contributed by atoms with Crippen molar-refractivity contribution in [3.05, 3.63) is 82.1 Å². The van der Waals surface area contributed by atoms with Crippen LogP contribution in [0.2, 0.25) is 5.02 Å². The Morgan fingerprint density at radius 1 is 0.758 bits per heavy atom. The molecule has 7 heteroatoms. The molecule has 2 amide bonds. The summed E-state index contributed by atoms with van der Waals surface area (Å²) >= 11 is 6.34. The maximum absolute atomic E-state index is 13.2. The third kappa shape index (κ3) is 3.73. The van der Waals surface area contributed by atoms with Gasteiger partial charge in [-0.05, 0) is 38.1 Å². The van der Waals surface area contributed by atoms with Crippen LogP contribution in [0.15, 0.2) is 54.6 Å². The predicted molar refractivity (Wildman–Crippen MR) is 131 cm³/mol. The lowest BCUT2D eigenvalue weighted by molar-refractivity contribution is 0.0633. The van der Waals surface area contributed by atoms with Crippen LogP contribution < -0.4 is 4.90 Å². The van der Waals surface area contributed by atoms with E-state index in [4.69, 9.17) is 11.6 Å². The monoisotopic (exact) mass is 462 g/mol. The summed E-state index contributed by atoms with van der Waals surface area (Å²) in [5.41, 5.74) is 4.76. The Balaban J connectivity index is 1.25. The molecule has 3 aromatic rings. The number of rotatable bonds is 5. The van der Waals surface area contributed by atoms with E-state index in [0.717, 1.165) is 54.0 Å². The van der Waals surface area contributed by atoms with Crippen molar-refractivity contribution >= 4 is 29.1 Å². The van der Waals surface area contributed by atoms with Crippen LogP contribution >= 0.6 is 11.6 Å². The molecule has 0 radical (unpaired) electrons. The van der Waals surface area contributed by atoms with E-state index in [2.05, 4.69) is 9.80 Å². The molecule has 3 heterocycles. The summed E-state index contributed by atoms with van der Waals surface area (Å²) in [5.74, 6) is -0.361. The van der Waals surface area contributed by atoms with E-state index in [1.54, 1.807) is 0 Å². The zero-order chi connectivity index (χ0) is 23.1. The summed E-state index contributed by atoms with van der Waals surface area (Å²) in [5, 5.41) is 0.766. The molecule has 2 aliphatic rings. The van der Waals surface area contributed by atoms with Crippen molar-refractivity contribution in [2.75, 3.05) is 44.2 Å². The van der Waals surface area contributed by atoms with E-state index >= 15 is 0 Å². The van der Waals surface area contributed by atoms with Crippen molar-refractivity contribution in [3.63, 3.8) is 0 Å². The summed E-state index contributed by atoms with van der Waals surface area (Å²) in [6.45, 7) is 8.39. The number of amides is 2. The van der Waals surface area contributed by atoms with Crippen LogP contribution in [0.5, 0.6) is 0 Å². The second kappa shape index (κ2) is 8.69. The molecule has 1 saturated heterocycles. The number of benzene rings is 2. The van der Waals surface area contributed by atoms with Crippen molar-refractivity contribution in [1.29, 1.82) is 0 Å². The first kappa shape index (κ1) is 21.7. The Morgan fingerprint density at radius 3 is 1.94 bits per heavy atom. The first-order valence-corrected chi connectivity index (χ1v) is 11.7. The van der Waals surface area contributed by atoms with E-state index in [1.807, 2.05) is 73.0 Å². The number of hydrogen-bond donors (Lipinski definition) is 0. The Kier molecular flexibility index (Phi) is 5.72. The summed E-state index contributed by atoms with van der Waals surface area (Å²) < 4.78 is 2.01. The van der Waals surface area contributed by atoms with Gasteiger partial charge in [-0.2, -0.15) is 0 Å². The van der Waals surface area contributed by atoms with Crippen LogP contribution in [0.25, 0.3) is 5.69 Å². The van der Waals surface area contributed by atoms with Crippen molar-refractivity contribution in [2.24, 2.45) is 0 Å². The number of carbonyl (C=O) groups excluding carboxylic acids is 2. The Labute approximate surface area is 199 Å². The summed E-state index contributed by atoms with van der Waals surface area (Å²) in [7, 11) is 0. The van der Waals surface area contributed by atoms with Crippen molar-refractivity contribution in [3.8, 4) is 5.69 Å². The quantitative estimate of drug-likeness (QED) is 0.534. The van der Waals surface area contributed by atoms with E-state index in [9.17, 15) is 9.59 Å². The molecule has 0 saturated carbocycles. The number of nitrogens with zero attached hydrogens (tertiary/aromatic N) is 4. The highest BCUT2D eigenvalue weighted by atomic mass is 35.5. The van der Waals surface area contributed by atoms with Crippen LogP contribution in [0, 0.1) is 13.8 Å². The largest absolute Gasteiger partial charge is 0.368 e. The van der Waals surface area contributed by atoms with Crippen LogP contribution in [-0.4, -0.2) is 65.4 Å². The van der Waals surface area contributed by atoms with Crippen LogP contribution in [0.4, 0.5) is 5.69 Å². The normalized spacial score (nSPS) is 16.6. The van der Waals surface area contributed by atoms with Crippen LogP contribution in [0.1, 0.15) is 32.1 Å². The third-order valence-electron chi connectivity index (χ3n) is 6.78. The van der Waals surface area contributed by atoms with Gasteiger partial charge in [-0.3, -0.25) is 19.4 Å². The lowest BCUT2D eigenvalue weighted by atomic mass is 10.1. The average molecular weight is 463 g/mol. The minimum absolute atomic E-state index is 0.181. The van der Waals surface area contributed by atoms with Crippen molar-refractivity contribution < 1.29 is 9.59 Å². The minimum atomic E-state index is -0.181. The molecular formula is C26H27ClN4O2. The maximum Gasteiger partial charge on any atom is 0.263 e. The van der Waals surface area contributed by atoms with Crippen molar-refractivity contribution in [2.45, 2.75) is 13.8 Å². The number of halogens is 1. The first-order chi connectivity index (χ1) is 16.0. The lowest BCUT2D eigenvalue weighted by Gasteiger charge is -2.36. The molecule has 0 unspecified atom stereocenters. The molecule has 170 valence electrons. The van der Waals surface area contributed by atoms with E-state index in [-0.39, 0.29) is 11.8 Å². The van der Waals surface area contributed by atoms with Gasteiger partial charge >= 0.3 is 0 Å². The summed E-state index contributed by atoms with van der Waals surface area (Å²) in [6, 6.07) is 17.8. The average Bonchev–Trinajstić information content (AvgIpc) is 3.24. The van der Waals surface area contributed by atoms with Gasteiger partial charge in [-0.1, -0.05) is 41.9 Å². The fourth-order valence-corrected chi connectivity index (χ4v) is 5.31. The predicted octanol–water partition coefficient (Wildman–Crippen LogP) is 4.17. The van der Waals surface area contributed by atoms with Gasteiger partial charge in [-0.15, -0.1) is 0 Å². The van der Waals surface area contributed by atoms with Gasteiger partial charge in [-0.25, -0.2) is 0 Å². The highest BCUT2D eigenvalue weighted by Crippen LogP contribution is 2.33. The van der Waals surface area contributed by atoms with Gasteiger partial charge in [0.15, 0.2) is 0 Å². The molecule has 1 fully saturated rings. The molecule has 0 bridgehead atoms. The smallest absolute Gasteiger partial charge is 0.263 e. The fourth-order valence-electron chi connectivity index (χ4n) is 5.05. The fraction of sp³-hybridized carbons (Fsp3) is 0.308. The van der Waals surface area contributed by atoms with Gasteiger partial charge in [0, 0.05) is 56.3 Å². The number of anilines is 1. The topological polar surface area (TPSA) is 48.8 Å². The Hall–Kier alpha value is -3.09. The zero-order valence-corrected chi connectivity index (χ0v) is 19.7. The molecule has 0 N–H and O–H groups in total. The molecule has 1 aromatic heterocycles. The molecule has 2 aliphatic heterocycles. The Bertz CT molecular complexity index is 1170. The molecular weight excluding hydrogens is 436 g/mol. The second-order valence-electron chi connectivity index (χ2n) is 8.63. The van der Waals surface area contributed by atoms with E-state index in [1.165, 1.54) is 4.90 Å². The van der Waals surface area contributed by atoms with Gasteiger partial charge in [0.25, 0.3) is 11.8 Å². The standard InChI is InChI=1S/C26H27ClN4O2/c1-18-23-24(19(2)31(18)20-8-4-3-5-9-20)26(33)30(25(23)32)17-14-28-12-15-29(16-13-28)22-11-7-6-10-21(22)27/h3-11H,12-17H2,1-2H3. The number of hydrogen-bond acceptors (Lipinski definition) is 4. The van der Waals surface area contributed by atoms with Gasteiger partial charge in [0.05, 0.1) is 21.8 Å². The SMILES string of the molecule is Cc1c2c(c(C)n1-c1ccccc1)C(=O)N(CCN1CCN(c3ccccc3Cl)CC1)C2=O. The summed E-state index contributed by atoms with van der Waals surface area (Å²) in [6.07, 6.45) is 0. The zero-order valence-electron chi connectivity index (χ0n) is 18.9. The number of imide groups is 1. The van der Waals surface area contributed by atoms with E-state index < -0.39 is 0 Å². The number of carbonyl (C=O) groups is 2. The lowest BCUT2D eigenvalue weighted by Crippen LogP contribution is -2.49. The molecule has 33 heavy (non-hydrogen) atoms. The maximum atomic E-state index is 13.2. The van der Waals surface area contributed by atoms with Gasteiger partial charge < -0.3 is 9.47 Å². The minimum Gasteiger partial charge on any atom is -0.368 e. The second-order valence-corrected chi connectivity index (χ2v) is 9.04. The molecule has 2 aromatic carbocycles. The van der Waals surface area contributed by atoms with Gasteiger partial charge in [0.2, 0.25) is 0 Å². The van der Waals surface area contributed by atoms with Crippen molar-refractivity contribution in [1.82, 2.24) is 14.4 Å². The number of para-hydroxylation sites is 2.